The van der Waals surface area contributed by atoms with Gasteiger partial charge in [0.2, 0.25) is 5.95 Å². The van der Waals surface area contributed by atoms with Crippen molar-refractivity contribution in [2.75, 3.05) is 19.5 Å². The Morgan fingerprint density at radius 1 is 1.35 bits per heavy atom. The number of nitrogens with one attached hydrogen (secondary N) is 2. The molecule has 0 aliphatic heterocycles. The molecule has 0 radical (unpaired) electrons. The first-order chi connectivity index (χ1) is 12.5. The topological polar surface area (TPSA) is 96.4 Å². The van der Waals surface area contributed by atoms with Crippen LogP contribution < -0.4 is 15.4 Å². The minimum absolute atomic E-state index is 0.0271. The molecule has 1 saturated carbocycles. The molecule has 138 valence electrons. The Hall–Kier alpha value is -2.74. The number of methoxy groups -OCH3 is 1. The van der Waals surface area contributed by atoms with Crippen molar-refractivity contribution in [1.29, 1.82) is 0 Å². The molecule has 3 rings (SSSR count). The number of halogens is 1. The molecular formula is C18H21FN4O3. The van der Waals surface area contributed by atoms with Crippen molar-refractivity contribution in [2.24, 2.45) is 5.92 Å². The van der Waals surface area contributed by atoms with E-state index in [2.05, 4.69) is 20.6 Å². The highest BCUT2D eigenvalue weighted by atomic mass is 19.1. The van der Waals surface area contributed by atoms with Crippen molar-refractivity contribution in [3.8, 4) is 5.75 Å². The van der Waals surface area contributed by atoms with Crippen LogP contribution in [0.15, 0.2) is 30.6 Å². The Morgan fingerprint density at radius 3 is 2.58 bits per heavy atom. The van der Waals surface area contributed by atoms with Crippen LogP contribution in [-0.4, -0.2) is 41.2 Å². The molecule has 1 aromatic heterocycles. The van der Waals surface area contributed by atoms with Gasteiger partial charge in [-0.2, -0.15) is 0 Å². The molecule has 2 aromatic rings. The molecule has 3 N–H and O–H groups in total. The van der Waals surface area contributed by atoms with E-state index in [1.54, 1.807) is 13.1 Å². The predicted molar refractivity (Wildman–Crippen MR) is 93.5 cm³/mol. The van der Waals surface area contributed by atoms with Crippen molar-refractivity contribution in [3.05, 3.63) is 47.5 Å². The van der Waals surface area contributed by atoms with Crippen LogP contribution in [0.2, 0.25) is 0 Å². The number of benzene rings is 1. The van der Waals surface area contributed by atoms with Crippen LogP contribution >= 0.6 is 0 Å². The molecule has 1 atom stereocenters. The Labute approximate surface area is 150 Å². The first-order valence-electron chi connectivity index (χ1n) is 8.34. The monoisotopic (exact) mass is 360 g/mol. The van der Waals surface area contributed by atoms with Gasteiger partial charge in [-0.05, 0) is 36.5 Å². The van der Waals surface area contributed by atoms with E-state index in [0.29, 0.717) is 29.9 Å². The number of rotatable bonds is 6. The van der Waals surface area contributed by atoms with Gasteiger partial charge in [0.25, 0.3) is 5.91 Å². The summed E-state index contributed by atoms with van der Waals surface area (Å²) in [6.07, 6.45) is 3.56. The maximum atomic E-state index is 14.1. The quantitative estimate of drug-likeness (QED) is 0.728. The van der Waals surface area contributed by atoms with E-state index < -0.39 is 11.9 Å². The minimum Gasteiger partial charge on any atom is -0.494 e. The Bertz CT molecular complexity index is 779. The van der Waals surface area contributed by atoms with Crippen molar-refractivity contribution in [2.45, 2.75) is 25.0 Å². The number of aliphatic hydroxyl groups is 1. The van der Waals surface area contributed by atoms with Gasteiger partial charge < -0.3 is 20.5 Å². The summed E-state index contributed by atoms with van der Waals surface area (Å²) in [5.74, 6) is -0.263. The molecule has 26 heavy (non-hydrogen) atoms. The molecule has 0 bridgehead atoms. The first kappa shape index (κ1) is 18.1. The molecule has 0 saturated heterocycles. The maximum absolute atomic E-state index is 14.1. The van der Waals surface area contributed by atoms with Crippen molar-refractivity contribution in [3.63, 3.8) is 0 Å². The predicted octanol–water partition coefficient (Wildman–Crippen LogP) is 1.91. The number of anilines is 1. The molecule has 0 unspecified atom stereocenters. The summed E-state index contributed by atoms with van der Waals surface area (Å²) in [6.45, 7) is 0. The van der Waals surface area contributed by atoms with Gasteiger partial charge in [-0.1, -0.05) is 6.07 Å². The fourth-order valence-electron chi connectivity index (χ4n) is 3.05. The lowest BCUT2D eigenvalue weighted by atomic mass is 9.75. The van der Waals surface area contributed by atoms with Gasteiger partial charge in [0.15, 0.2) is 11.6 Å². The molecule has 1 fully saturated rings. The smallest absolute Gasteiger partial charge is 0.254 e. The van der Waals surface area contributed by atoms with Gasteiger partial charge >= 0.3 is 0 Å². The third kappa shape index (κ3) is 3.75. The summed E-state index contributed by atoms with van der Waals surface area (Å²) >= 11 is 0. The van der Waals surface area contributed by atoms with Crippen molar-refractivity contribution >= 4 is 11.9 Å². The highest BCUT2D eigenvalue weighted by Crippen LogP contribution is 2.39. The number of amides is 1. The molecule has 8 heteroatoms. The summed E-state index contributed by atoms with van der Waals surface area (Å²) in [7, 11) is 3.08. The normalized spacial score (nSPS) is 20.0. The number of hydrogen-bond donors (Lipinski definition) is 3. The van der Waals surface area contributed by atoms with Crippen LogP contribution in [0.4, 0.5) is 10.3 Å². The van der Waals surface area contributed by atoms with E-state index in [9.17, 15) is 14.3 Å². The maximum Gasteiger partial charge on any atom is 0.254 e. The fraction of sp³-hybridized carbons (Fsp3) is 0.389. The van der Waals surface area contributed by atoms with Crippen LogP contribution in [-0.2, 0) is 0 Å². The van der Waals surface area contributed by atoms with Gasteiger partial charge in [-0.15, -0.1) is 0 Å². The zero-order valence-corrected chi connectivity index (χ0v) is 14.6. The molecular weight excluding hydrogens is 339 g/mol. The number of carbonyl (C=O) groups is 1. The molecule has 1 amide bonds. The SMILES string of the molecule is CNc1ncc(C(=O)N[C@@H](c2ccc(OC)c(F)c2)C2CC(O)C2)cn1. The zero-order chi connectivity index (χ0) is 18.7. The van der Waals surface area contributed by atoms with Crippen LogP contribution in [0, 0.1) is 11.7 Å². The Balaban J connectivity index is 1.82. The molecule has 0 spiro atoms. The van der Waals surface area contributed by atoms with E-state index in [4.69, 9.17) is 4.74 Å². The third-order valence-electron chi connectivity index (χ3n) is 4.58. The number of nitrogens with zero attached hydrogens (tertiary/aromatic N) is 2. The molecule has 1 aromatic carbocycles. The number of carbonyl (C=O) groups excluding carboxylic acids is 1. The standard InChI is InChI=1S/C18H21FN4O3/c1-20-18-21-8-12(9-22-18)17(25)23-16(11-5-13(24)6-11)10-3-4-15(26-2)14(19)7-10/h3-4,7-9,11,13,16,24H,5-6H2,1-2H3,(H,23,25)(H,20,21,22)/t11?,13?,16-/m0/s1. The number of ether oxygens (including phenoxy) is 1. The number of hydrogen-bond acceptors (Lipinski definition) is 6. The number of aromatic nitrogens is 2. The van der Waals surface area contributed by atoms with Gasteiger partial charge in [0.05, 0.1) is 24.8 Å². The summed E-state index contributed by atoms with van der Waals surface area (Å²) in [6, 6.07) is 4.19. The Morgan fingerprint density at radius 2 is 2.04 bits per heavy atom. The summed E-state index contributed by atoms with van der Waals surface area (Å²) in [5, 5.41) is 15.3. The van der Waals surface area contributed by atoms with E-state index >= 15 is 0 Å². The third-order valence-corrected chi connectivity index (χ3v) is 4.58. The van der Waals surface area contributed by atoms with Crippen LogP contribution in [0.3, 0.4) is 0 Å². The van der Waals surface area contributed by atoms with Crippen molar-refractivity contribution in [1.82, 2.24) is 15.3 Å². The largest absolute Gasteiger partial charge is 0.494 e. The van der Waals surface area contributed by atoms with Gasteiger partial charge in [-0.25, -0.2) is 14.4 Å². The minimum atomic E-state index is -0.495. The van der Waals surface area contributed by atoms with Crippen molar-refractivity contribution < 1.29 is 19.0 Å². The summed E-state index contributed by atoms with van der Waals surface area (Å²) in [5.41, 5.74) is 0.934. The second-order valence-corrected chi connectivity index (χ2v) is 6.28. The zero-order valence-electron chi connectivity index (χ0n) is 14.6. The van der Waals surface area contributed by atoms with E-state index in [1.807, 2.05) is 0 Å². The van der Waals surface area contributed by atoms with Gasteiger partial charge in [0, 0.05) is 19.4 Å². The van der Waals surface area contributed by atoms with E-state index in [0.717, 1.165) is 0 Å². The second-order valence-electron chi connectivity index (χ2n) is 6.28. The molecule has 1 aliphatic carbocycles. The summed E-state index contributed by atoms with van der Waals surface area (Å²) in [4.78, 5) is 20.6. The molecule has 1 heterocycles. The summed E-state index contributed by atoms with van der Waals surface area (Å²) < 4.78 is 19.0. The Kier molecular flexibility index (Phi) is 5.32. The average molecular weight is 360 g/mol. The highest BCUT2D eigenvalue weighted by Gasteiger charge is 2.36. The van der Waals surface area contributed by atoms with Gasteiger partial charge in [0.1, 0.15) is 0 Å². The van der Waals surface area contributed by atoms with E-state index in [1.165, 1.54) is 31.6 Å². The second kappa shape index (κ2) is 7.65. The highest BCUT2D eigenvalue weighted by molar-refractivity contribution is 5.94. The van der Waals surface area contributed by atoms with Gasteiger partial charge in [-0.3, -0.25) is 4.79 Å². The number of aliphatic hydroxyl groups excluding tert-OH is 1. The molecule has 1 aliphatic rings. The first-order valence-corrected chi connectivity index (χ1v) is 8.34. The van der Waals surface area contributed by atoms with Crippen LogP contribution in [0.5, 0.6) is 5.75 Å². The van der Waals surface area contributed by atoms with Crippen LogP contribution in [0.25, 0.3) is 0 Å². The average Bonchev–Trinajstić information content (AvgIpc) is 2.63. The fourth-order valence-corrected chi connectivity index (χ4v) is 3.05. The lowest BCUT2D eigenvalue weighted by molar-refractivity contribution is 0.0234. The van der Waals surface area contributed by atoms with Crippen LogP contribution in [0.1, 0.15) is 34.8 Å². The molecule has 7 nitrogen and oxygen atoms in total. The lowest BCUT2D eigenvalue weighted by Crippen LogP contribution is -2.41. The lowest BCUT2D eigenvalue weighted by Gasteiger charge is -2.38. The van der Waals surface area contributed by atoms with E-state index in [-0.39, 0.29) is 23.7 Å².